The van der Waals surface area contributed by atoms with Gasteiger partial charge in [0.25, 0.3) is 0 Å². The highest BCUT2D eigenvalue weighted by atomic mass is 127. The Kier molecular flexibility index (Phi) is 9.79. The van der Waals surface area contributed by atoms with E-state index in [0.717, 1.165) is 17.9 Å². The average molecular weight is 470 g/mol. The van der Waals surface area contributed by atoms with Gasteiger partial charge in [-0.3, -0.25) is 0 Å². The molecule has 0 spiro atoms. The molecule has 1 heterocycles. The van der Waals surface area contributed by atoms with Crippen LogP contribution >= 0.6 is 24.0 Å². The summed E-state index contributed by atoms with van der Waals surface area (Å²) in [6, 6.07) is 11.2. The largest absolute Gasteiger partial charge is 0.494 e. The summed E-state index contributed by atoms with van der Waals surface area (Å²) in [7, 11) is 0. The molecule has 2 rings (SSSR count). The lowest BCUT2D eigenvalue weighted by Crippen LogP contribution is -2.34. The number of halogens is 1. The number of pyridine rings is 1. The molecule has 0 unspecified atom stereocenters. The van der Waals surface area contributed by atoms with Crippen LogP contribution in [0.5, 0.6) is 17.4 Å². The first kappa shape index (κ1) is 22.0. The quantitative estimate of drug-likeness (QED) is 0.347. The van der Waals surface area contributed by atoms with Crippen molar-refractivity contribution in [2.75, 3.05) is 13.2 Å². The van der Waals surface area contributed by atoms with Gasteiger partial charge in [0.2, 0.25) is 5.88 Å². The maximum absolute atomic E-state index is 5.85. The molecule has 3 N–H and O–H groups in total. The van der Waals surface area contributed by atoms with Gasteiger partial charge in [-0.2, -0.15) is 0 Å². The lowest BCUT2D eigenvalue weighted by Gasteiger charge is -2.09. The van der Waals surface area contributed by atoms with Gasteiger partial charge < -0.3 is 20.5 Å². The zero-order chi connectivity index (χ0) is 18.1. The average Bonchev–Trinajstić information content (AvgIpc) is 2.60. The number of nitrogens with zero attached hydrogens (tertiary/aromatic N) is 2. The number of nitrogens with two attached hydrogens (primary N) is 1. The molecule has 142 valence electrons. The fourth-order valence-corrected chi connectivity index (χ4v) is 2.04. The number of benzene rings is 1. The van der Waals surface area contributed by atoms with Crippen molar-refractivity contribution in [1.82, 2.24) is 10.3 Å². The zero-order valence-corrected chi connectivity index (χ0v) is 17.8. The van der Waals surface area contributed by atoms with Gasteiger partial charge in [0.15, 0.2) is 5.96 Å². The molecule has 0 aliphatic carbocycles. The fraction of sp³-hybridized carbons (Fsp3) is 0.368. The highest BCUT2D eigenvalue weighted by molar-refractivity contribution is 14.0. The minimum Gasteiger partial charge on any atom is -0.494 e. The molecule has 0 radical (unpaired) electrons. The van der Waals surface area contributed by atoms with Crippen LogP contribution in [0, 0.1) is 5.92 Å². The van der Waals surface area contributed by atoms with Gasteiger partial charge in [0, 0.05) is 18.8 Å². The van der Waals surface area contributed by atoms with Crippen LogP contribution in [0.1, 0.15) is 26.3 Å². The summed E-state index contributed by atoms with van der Waals surface area (Å²) in [4.78, 5) is 8.56. The molecule has 0 aliphatic rings. The molecular formula is C19H27IN4O2. The molecular weight excluding hydrogens is 443 g/mol. The van der Waals surface area contributed by atoms with E-state index in [4.69, 9.17) is 15.2 Å². The van der Waals surface area contributed by atoms with Crippen LogP contribution in [0.3, 0.4) is 0 Å². The van der Waals surface area contributed by atoms with Gasteiger partial charge in [0.05, 0.1) is 13.2 Å². The van der Waals surface area contributed by atoms with E-state index in [0.29, 0.717) is 36.7 Å². The van der Waals surface area contributed by atoms with Crippen molar-refractivity contribution >= 4 is 29.9 Å². The smallest absolute Gasteiger partial charge is 0.219 e. The standard InChI is InChI=1S/C19H26N4O2.HI/c1-4-24-16-5-7-17(8-6-16)25-18-11-15(9-10-21-18)13-23-19(20)22-12-14(2)3;/h5-11,14H,4,12-13H2,1-3H3,(H3,20,22,23);1H. The van der Waals surface area contributed by atoms with Crippen LogP contribution in [0.4, 0.5) is 0 Å². The van der Waals surface area contributed by atoms with Crippen molar-refractivity contribution in [2.45, 2.75) is 27.3 Å². The third kappa shape index (κ3) is 7.90. The molecule has 7 heteroatoms. The van der Waals surface area contributed by atoms with E-state index in [1.165, 1.54) is 0 Å². The van der Waals surface area contributed by atoms with Crippen molar-refractivity contribution in [3.8, 4) is 17.4 Å². The Morgan fingerprint density at radius 2 is 1.88 bits per heavy atom. The highest BCUT2D eigenvalue weighted by Crippen LogP contribution is 2.23. The van der Waals surface area contributed by atoms with E-state index in [1.807, 2.05) is 43.3 Å². The Hall–Kier alpha value is -2.03. The second-order valence-corrected chi connectivity index (χ2v) is 5.99. The fourth-order valence-electron chi connectivity index (χ4n) is 2.04. The van der Waals surface area contributed by atoms with Crippen molar-refractivity contribution in [3.05, 3.63) is 48.2 Å². The maximum Gasteiger partial charge on any atom is 0.219 e. The van der Waals surface area contributed by atoms with Gasteiger partial charge >= 0.3 is 0 Å². The monoisotopic (exact) mass is 470 g/mol. The zero-order valence-electron chi connectivity index (χ0n) is 15.4. The third-order valence-electron chi connectivity index (χ3n) is 3.28. The molecule has 1 aromatic heterocycles. The number of ether oxygens (including phenoxy) is 2. The predicted molar refractivity (Wildman–Crippen MR) is 116 cm³/mol. The molecule has 0 atom stereocenters. The molecule has 0 saturated carbocycles. The number of aliphatic imine (C=N–C) groups is 1. The molecule has 0 aliphatic heterocycles. The SMILES string of the molecule is CCOc1ccc(Oc2cc(CN=C(N)NCC(C)C)ccn2)cc1.I. The second-order valence-electron chi connectivity index (χ2n) is 5.99. The van der Waals surface area contributed by atoms with E-state index in [2.05, 4.69) is 29.1 Å². The molecule has 0 saturated heterocycles. The topological polar surface area (TPSA) is 81.8 Å². The first-order valence-corrected chi connectivity index (χ1v) is 8.46. The van der Waals surface area contributed by atoms with Crippen molar-refractivity contribution in [2.24, 2.45) is 16.6 Å². The molecule has 0 amide bonds. The Morgan fingerprint density at radius 3 is 2.54 bits per heavy atom. The molecule has 0 fully saturated rings. The molecule has 6 nitrogen and oxygen atoms in total. The van der Waals surface area contributed by atoms with E-state index < -0.39 is 0 Å². The minimum atomic E-state index is 0. The Bertz CT molecular complexity index is 690. The van der Waals surface area contributed by atoms with Crippen molar-refractivity contribution in [1.29, 1.82) is 0 Å². The predicted octanol–water partition coefficient (Wildman–Crippen LogP) is 3.95. The van der Waals surface area contributed by atoms with Crippen LogP contribution in [0.15, 0.2) is 47.6 Å². The lowest BCUT2D eigenvalue weighted by atomic mass is 10.2. The first-order valence-electron chi connectivity index (χ1n) is 8.46. The van der Waals surface area contributed by atoms with E-state index in [1.54, 1.807) is 6.20 Å². The number of guanidine groups is 1. The number of hydrogen-bond donors (Lipinski definition) is 2. The molecule has 1 aromatic carbocycles. The maximum atomic E-state index is 5.85. The minimum absolute atomic E-state index is 0. The number of nitrogens with one attached hydrogen (secondary N) is 1. The van der Waals surface area contributed by atoms with Gasteiger partial charge in [-0.15, -0.1) is 24.0 Å². The van der Waals surface area contributed by atoms with Crippen LogP contribution in [0.25, 0.3) is 0 Å². The van der Waals surface area contributed by atoms with Crippen molar-refractivity contribution in [3.63, 3.8) is 0 Å². The Morgan fingerprint density at radius 1 is 1.19 bits per heavy atom. The highest BCUT2D eigenvalue weighted by Gasteiger charge is 2.02. The number of aromatic nitrogens is 1. The van der Waals surface area contributed by atoms with Crippen LogP contribution < -0.4 is 20.5 Å². The van der Waals surface area contributed by atoms with Gasteiger partial charge in [-0.1, -0.05) is 13.8 Å². The van der Waals surface area contributed by atoms with Crippen LogP contribution in [-0.4, -0.2) is 24.1 Å². The summed E-state index contributed by atoms with van der Waals surface area (Å²) in [5, 5.41) is 3.09. The summed E-state index contributed by atoms with van der Waals surface area (Å²) in [5.74, 6) is 3.00. The van der Waals surface area contributed by atoms with Gasteiger partial charge in [-0.25, -0.2) is 9.98 Å². The molecule has 26 heavy (non-hydrogen) atoms. The van der Waals surface area contributed by atoms with E-state index in [-0.39, 0.29) is 24.0 Å². The summed E-state index contributed by atoms with van der Waals surface area (Å²) < 4.78 is 11.2. The molecule has 2 aromatic rings. The van der Waals surface area contributed by atoms with E-state index in [9.17, 15) is 0 Å². The first-order chi connectivity index (χ1) is 12.1. The normalized spacial score (nSPS) is 11.0. The lowest BCUT2D eigenvalue weighted by molar-refractivity contribution is 0.339. The van der Waals surface area contributed by atoms with Crippen LogP contribution in [0.2, 0.25) is 0 Å². The summed E-state index contributed by atoms with van der Waals surface area (Å²) in [6.45, 7) is 8.10. The van der Waals surface area contributed by atoms with Crippen LogP contribution in [-0.2, 0) is 6.54 Å². The summed E-state index contributed by atoms with van der Waals surface area (Å²) >= 11 is 0. The Balaban J connectivity index is 0.00000338. The molecule has 0 bridgehead atoms. The number of hydrogen-bond acceptors (Lipinski definition) is 4. The Labute approximate surface area is 172 Å². The van der Waals surface area contributed by atoms with Gasteiger partial charge in [-0.05, 0) is 48.7 Å². The van der Waals surface area contributed by atoms with E-state index >= 15 is 0 Å². The summed E-state index contributed by atoms with van der Waals surface area (Å²) in [6.07, 6.45) is 1.70. The third-order valence-corrected chi connectivity index (χ3v) is 3.28. The second kappa shape index (κ2) is 11.6. The van der Waals surface area contributed by atoms with Crippen molar-refractivity contribution < 1.29 is 9.47 Å². The number of rotatable bonds is 8. The van der Waals surface area contributed by atoms with Gasteiger partial charge in [0.1, 0.15) is 11.5 Å². The summed E-state index contributed by atoms with van der Waals surface area (Å²) in [5.41, 5.74) is 6.83.